The molecule has 0 bridgehead atoms. The minimum atomic E-state index is -0.723. The van der Waals surface area contributed by atoms with Crippen LogP contribution in [0.25, 0.3) is 6.08 Å². The minimum Gasteiger partial charge on any atom is -0.490 e. The number of hydrogen-bond donors (Lipinski definition) is 0. The monoisotopic (exact) mass is 550 g/mol. The number of rotatable bonds is 9. The van der Waals surface area contributed by atoms with Gasteiger partial charge in [0.25, 0.3) is 0 Å². The lowest BCUT2D eigenvalue weighted by atomic mass is 9.89. The van der Waals surface area contributed by atoms with Crippen LogP contribution in [0, 0.1) is 10.8 Å². The first-order valence-electron chi connectivity index (χ1n) is 14.0. The quantitative estimate of drug-likeness (QED) is 0.135. The van der Waals surface area contributed by atoms with E-state index in [4.69, 9.17) is 14.2 Å². The Labute approximate surface area is 240 Å². The lowest BCUT2D eigenvalue weighted by Crippen LogP contribution is -2.26. The van der Waals surface area contributed by atoms with Crippen molar-refractivity contribution < 1.29 is 28.6 Å². The maximum atomic E-state index is 13.2. The van der Waals surface area contributed by atoms with Crippen LogP contribution in [0.2, 0.25) is 0 Å². The standard InChI is InChI=1S/C34H46O6/c1-20(2)26-19-27(21(3)4)30(40-32(37)34(10,11)12)25(29(26)38-22(5)6)17-18-28(35)23-13-15-24(16-14-23)39-31(36)33(7,8)9/h13-22H,1-12H3. The summed E-state index contributed by atoms with van der Waals surface area (Å²) in [7, 11) is 0. The molecule has 0 atom stereocenters. The molecule has 0 aliphatic rings. The van der Waals surface area contributed by atoms with Crippen molar-refractivity contribution in [2.24, 2.45) is 10.8 Å². The maximum Gasteiger partial charge on any atom is 0.316 e. The molecular formula is C34H46O6. The van der Waals surface area contributed by atoms with Crippen LogP contribution in [0.1, 0.15) is 122 Å². The summed E-state index contributed by atoms with van der Waals surface area (Å²) in [5, 5.41) is 0. The van der Waals surface area contributed by atoms with E-state index in [1.54, 1.807) is 71.9 Å². The molecular weight excluding hydrogens is 504 g/mol. The number of carbonyl (C=O) groups is 3. The highest BCUT2D eigenvalue weighted by Crippen LogP contribution is 2.44. The zero-order chi connectivity index (χ0) is 30.6. The average Bonchev–Trinajstić information content (AvgIpc) is 2.81. The summed E-state index contributed by atoms with van der Waals surface area (Å²) in [6.07, 6.45) is 3.00. The lowest BCUT2D eigenvalue weighted by Gasteiger charge is -2.26. The van der Waals surface area contributed by atoms with E-state index < -0.39 is 10.8 Å². The van der Waals surface area contributed by atoms with Gasteiger partial charge in [-0.25, -0.2) is 0 Å². The fourth-order valence-corrected chi connectivity index (χ4v) is 3.65. The van der Waals surface area contributed by atoms with Crippen molar-refractivity contribution in [3.8, 4) is 17.2 Å². The number of ketones is 1. The van der Waals surface area contributed by atoms with E-state index >= 15 is 0 Å². The van der Waals surface area contributed by atoms with Gasteiger partial charge in [-0.2, -0.15) is 0 Å². The van der Waals surface area contributed by atoms with Gasteiger partial charge in [0.1, 0.15) is 17.2 Å². The number of esters is 2. The summed E-state index contributed by atoms with van der Waals surface area (Å²) in [5.74, 6) is 0.581. The molecule has 0 saturated carbocycles. The molecule has 0 heterocycles. The van der Waals surface area contributed by atoms with Gasteiger partial charge in [-0.05, 0) is 121 Å². The van der Waals surface area contributed by atoms with Crippen LogP contribution in [0.5, 0.6) is 17.2 Å². The molecule has 6 heteroatoms. The third-order valence-electron chi connectivity index (χ3n) is 6.09. The zero-order valence-electron chi connectivity index (χ0n) is 26.2. The molecule has 0 N–H and O–H groups in total. The SMILES string of the molecule is CC(C)Oc1c(C(C)C)cc(C(C)C)c(OC(=O)C(C)(C)C)c1C=CC(=O)c1ccc(OC(=O)C(C)(C)C)cc1. The van der Waals surface area contributed by atoms with Crippen LogP contribution in [0.3, 0.4) is 0 Å². The molecule has 0 unspecified atom stereocenters. The van der Waals surface area contributed by atoms with Gasteiger partial charge in [-0.1, -0.05) is 27.7 Å². The Morgan fingerprint density at radius 2 is 1.18 bits per heavy atom. The topological polar surface area (TPSA) is 78.9 Å². The van der Waals surface area contributed by atoms with Gasteiger partial charge in [0.2, 0.25) is 0 Å². The van der Waals surface area contributed by atoms with Gasteiger partial charge in [0.15, 0.2) is 5.78 Å². The molecule has 2 aromatic carbocycles. The highest BCUT2D eigenvalue weighted by Gasteiger charge is 2.29. The Kier molecular flexibility index (Phi) is 10.5. The summed E-state index contributed by atoms with van der Waals surface area (Å²) in [5.41, 5.74) is 1.47. The van der Waals surface area contributed by atoms with E-state index in [0.717, 1.165) is 11.1 Å². The molecule has 40 heavy (non-hydrogen) atoms. The summed E-state index contributed by atoms with van der Waals surface area (Å²) < 4.78 is 17.8. The maximum absolute atomic E-state index is 13.2. The van der Waals surface area contributed by atoms with Crippen molar-refractivity contribution in [1.82, 2.24) is 0 Å². The first kappa shape index (κ1) is 32.8. The summed E-state index contributed by atoms with van der Waals surface area (Å²) in [4.78, 5) is 38.5. The Hall–Kier alpha value is -3.41. The van der Waals surface area contributed by atoms with E-state index in [1.165, 1.54) is 6.08 Å². The minimum absolute atomic E-state index is 0.0552. The molecule has 0 aliphatic heterocycles. The summed E-state index contributed by atoms with van der Waals surface area (Å²) in [6, 6.07) is 8.49. The van der Waals surface area contributed by atoms with E-state index in [2.05, 4.69) is 19.9 Å². The van der Waals surface area contributed by atoms with Crippen molar-refractivity contribution in [1.29, 1.82) is 0 Å². The Morgan fingerprint density at radius 1 is 0.700 bits per heavy atom. The molecule has 0 saturated heterocycles. The number of benzene rings is 2. The first-order valence-corrected chi connectivity index (χ1v) is 14.0. The van der Waals surface area contributed by atoms with Gasteiger partial charge in [0.05, 0.1) is 22.5 Å². The van der Waals surface area contributed by atoms with Crippen molar-refractivity contribution in [3.05, 3.63) is 58.7 Å². The highest BCUT2D eigenvalue weighted by molar-refractivity contribution is 6.07. The second-order valence-electron chi connectivity index (χ2n) is 13.1. The molecule has 0 radical (unpaired) electrons. The van der Waals surface area contributed by atoms with Gasteiger partial charge >= 0.3 is 11.9 Å². The molecule has 6 nitrogen and oxygen atoms in total. The Balaban J connectivity index is 2.63. The van der Waals surface area contributed by atoms with Crippen molar-refractivity contribution >= 4 is 23.8 Å². The van der Waals surface area contributed by atoms with E-state index in [-0.39, 0.29) is 35.7 Å². The molecule has 0 amide bonds. The van der Waals surface area contributed by atoms with Gasteiger partial charge in [-0.3, -0.25) is 14.4 Å². The summed E-state index contributed by atoms with van der Waals surface area (Å²) in [6.45, 7) is 22.9. The second kappa shape index (κ2) is 12.8. The van der Waals surface area contributed by atoms with Crippen molar-refractivity contribution in [3.63, 3.8) is 0 Å². The molecule has 218 valence electrons. The Bertz CT molecular complexity index is 1250. The fraction of sp³-hybridized carbons (Fsp3) is 0.500. The lowest BCUT2D eigenvalue weighted by molar-refractivity contribution is -0.143. The molecule has 0 aliphatic carbocycles. The normalized spacial score (nSPS) is 12.4. The number of hydrogen-bond acceptors (Lipinski definition) is 6. The van der Waals surface area contributed by atoms with Gasteiger partial charge < -0.3 is 14.2 Å². The predicted molar refractivity (Wildman–Crippen MR) is 160 cm³/mol. The second-order valence-corrected chi connectivity index (χ2v) is 13.1. The number of allylic oxidation sites excluding steroid dienone is 1. The van der Waals surface area contributed by atoms with E-state index in [1.807, 2.05) is 27.7 Å². The van der Waals surface area contributed by atoms with Crippen molar-refractivity contribution in [2.75, 3.05) is 0 Å². The largest absolute Gasteiger partial charge is 0.490 e. The third kappa shape index (κ3) is 8.54. The molecule has 2 aromatic rings. The van der Waals surface area contributed by atoms with Crippen LogP contribution >= 0.6 is 0 Å². The van der Waals surface area contributed by atoms with Crippen LogP contribution < -0.4 is 14.2 Å². The molecule has 0 spiro atoms. The first-order chi connectivity index (χ1) is 18.3. The van der Waals surface area contributed by atoms with Gasteiger partial charge in [-0.15, -0.1) is 0 Å². The fourth-order valence-electron chi connectivity index (χ4n) is 3.65. The van der Waals surface area contributed by atoms with Crippen LogP contribution in [0.15, 0.2) is 36.4 Å². The third-order valence-corrected chi connectivity index (χ3v) is 6.09. The Morgan fingerprint density at radius 3 is 1.62 bits per heavy atom. The van der Waals surface area contributed by atoms with E-state index in [9.17, 15) is 14.4 Å². The highest BCUT2D eigenvalue weighted by atomic mass is 16.5. The van der Waals surface area contributed by atoms with Crippen molar-refractivity contribution in [2.45, 2.75) is 101 Å². The van der Waals surface area contributed by atoms with Crippen LogP contribution in [-0.2, 0) is 9.59 Å². The molecule has 2 rings (SSSR count). The predicted octanol–water partition coefficient (Wildman–Crippen LogP) is 8.52. The number of ether oxygens (including phenoxy) is 3. The molecule has 0 fully saturated rings. The van der Waals surface area contributed by atoms with Gasteiger partial charge in [0, 0.05) is 5.56 Å². The van der Waals surface area contributed by atoms with Crippen LogP contribution in [0.4, 0.5) is 0 Å². The molecule has 0 aromatic heterocycles. The average molecular weight is 551 g/mol. The van der Waals surface area contributed by atoms with Crippen LogP contribution in [-0.4, -0.2) is 23.8 Å². The zero-order valence-corrected chi connectivity index (χ0v) is 26.2. The van der Waals surface area contributed by atoms with E-state index in [0.29, 0.717) is 28.4 Å². The summed E-state index contributed by atoms with van der Waals surface area (Å²) >= 11 is 0. The number of carbonyl (C=O) groups excluding carboxylic acids is 3. The smallest absolute Gasteiger partial charge is 0.316 e.